The van der Waals surface area contributed by atoms with Gasteiger partial charge in [-0.3, -0.25) is 4.79 Å². The second kappa shape index (κ2) is 7.38. The third-order valence-electron chi connectivity index (χ3n) is 6.04. The van der Waals surface area contributed by atoms with E-state index >= 15 is 0 Å². The Bertz CT molecular complexity index is 1020. The van der Waals surface area contributed by atoms with Crippen LogP contribution in [0.3, 0.4) is 0 Å². The normalized spacial score (nSPS) is 23.1. The Morgan fingerprint density at radius 1 is 1.10 bits per heavy atom. The van der Waals surface area contributed by atoms with Gasteiger partial charge >= 0.3 is 0 Å². The van der Waals surface area contributed by atoms with Gasteiger partial charge in [-0.05, 0) is 48.7 Å². The van der Waals surface area contributed by atoms with Crippen LogP contribution in [-0.4, -0.2) is 34.1 Å². The van der Waals surface area contributed by atoms with E-state index < -0.39 is 5.60 Å². The number of benzene rings is 2. The molecule has 2 aliphatic rings. The molecule has 1 saturated heterocycles. The highest BCUT2D eigenvalue weighted by molar-refractivity contribution is 9.10. The number of halogens is 1. The van der Waals surface area contributed by atoms with Gasteiger partial charge in [-0.2, -0.15) is 0 Å². The molecule has 0 N–H and O–H groups in total. The maximum Gasteiger partial charge on any atom is 0.227 e. The first-order valence-corrected chi connectivity index (χ1v) is 10.9. The molecule has 5 rings (SSSR count). The minimum atomic E-state index is -0.438. The van der Waals surface area contributed by atoms with Gasteiger partial charge in [0.1, 0.15) is 11.8 Å². The maximum absolute atomic E-state index is 13.1. The highest BCUT2D eigenvalue weighted by Gasteiger charge is 2.52. The molecule has 3 heterocycles. The summed E-state index contributed by atoms with van der Waals surface area (Å²) in [7, 11) is 0. The van der Waals surface area contributed by atoms with Crippen molar-refractivity contribution in [3.8, 4) is 5.75 Å². The smallest absolute Gasteiger partial charge is 0.227 e. The summed E-state index contributed by atoms with van der Waals surface area (Å²) in [5.41, 5.74) is 1.79. The second-order valence-electron chi connectivity index (χ2n) is 7.96. The van der Waals surface area contributed by atoms with Gasteiger partial charge in [-0.15, -0.1) is 0 Å². The zero-order chi connectivity index (χ0) is 19.8. The molecule has 0 radical (unpaired) electrons. The first-order valence-electron chi connectivity index (χ1n) is 10.1. The van der Waals surface area contributed by atoms with Crippen LogP contribution in [0.2, 0.25) is 0 Å². The monoisotopic (exact) mass is 450 g/mol. The number of nitrogens with zero attached hydrogens (tertiary/aromatic N) is 2. The number of aromatic nitrogens is 1. The fourth-order valence-corrected chi connectivity index (χ4v) is 5.17. The number of carbonyl (C=O) groups is 1. The largest absolute Gasteiger partial charge is 0.483 e. The van der Waals surface area contributed by atoms with E-state index in [0.717, 1.165) is 35.2 Å². The molecule has 1 fully saturated rings. The lowest BCUT2D eigenvalue weighted by molar-refractivity contribution is -0.136. The molecule has 0 aliphatic carbocycles. The van der Waals surface area contributed by atoms with Crippen molar-refractivity contribution in [2.75, 3.05) is 13.1 Å². The summed E-state index contributed by atoms with van der Waals surface area (Å²) in [6, 6.07) is 20.3. The molecule has 1 spiro atoms. The van der Waals surface area contributed by atoms with Gasteiger partial charge in [0.15, 0.2) is 5.60 Å². The number of likely N-dealkylation sites (tertiary alicyclic amines) is 1. The first kappa shape index (κ1) is 18.5. The summed E-state index contributed by atoms with van der Waals surface area (Å²) in [6.45, 7) is 1.39. The molecule has 0 bridgehead atoms. The number of amides is 1. The van der Waals surface area contributed by atoms with Crippen LogP contribution in [0, 0.1) is 0 Å². The van der Waals surface area contributed by atoms with Crippen LogP contribution in [0.1, 0.15) is 30.0 Å². The molecule has 5 heteroatoms. The van der Waals surface area contributed by atoms with E-state index in [2.05, 4.69) is 39.0 Å². The van der Waals surface area contributed by atoms with E-state index in [1.165, 1.54) is 5.56 Å². The first-order chi connectivity index (χ1) is 14.1. The molecular formula is C24H23BrN2O2. The van der Waals surface area contributed by atoms with Crippen LogP contribution in [0.4, 0.5) is 0 Å². The average Bonchev–Trinajstić information content (AvgIpc) is 3.34. The minimum Gasteiger partial charge on any atom is -0.483 e. The number of rotatable bonds is 3. The number of ether oxygens (including phenoxy) is 1. The molecule has 1 amide bonds. The van der Waals surface area contributed by atoms with Crippen LogP contribution in [0.5, 0.6) is 5.75 Å². The van der Waals surface area contributed by atoms with Crippen LogP contribution in [-0.2, 0) is 11.2 Å². The Hall–Kier alpha value is -2.53. The summed E-state index contributed by atoms with van der Waals surface area (Å²) < 4.78 is 9.89. The zero-order valence-corrected chi connectivity index (χ0v) is 17.7. The molecule has 2 unspecified atom stereocenters. The number of carbonyl (C=O) groups excluding carboxylic acids is 1. The molecule has 1 aromatic heterocycles. The van der Waals surface area contributed by atoms with Gasteiger partial charge in [0.25, 0.3) is 0 Å². The lowest BCUT2D eigenvalue weighted by Gasteiger charge is -2.43. The number of hydrogen-bond donors (Lipinski definition) is 0. The summed E-state index contributed by atoms with van der Waals surface area (Å²) in [6.07, 6.45) is 6.49. The molecule has 29 heavy (non-hydrogen) atoms. The SMILES string of the molecule is O=C(Cc1ccccc1)N1CCCC2(C1)Oc1ccc(Br)cc1C2n1cccc1. The Morgan fingerprint density at radius 2 is 1.90 bits per heavy atom. The third kappa shape index (κ3) is 3.38. The highest BCUT2D eigenvalue weighted by atomic mass is 79.9. The van der Waals surface area contributed by atoms with Gasteiger partial charge < -0.3 is 14.2 Å². The predicted molar refractivity (Wildman–Crippen MR) is 116 cm³/mol. The molecule has 3 aromatic rings. The van der Waals surface area contributed by atoms with Gasteiger partial charge in [-0.25, -0.2) is 0 Å². The van der Waals surface area contributed by atoms with Crippen molar-refractivity contribution < 1.29 is 9.53 Å². The van der Waals surface area contributed by atoms with E-state index in [-0.39, 0.29) is 11.9 Å². The van der Waals surface area contributed by atoms with Crippen molar-refractivity contribution in [1.29, 1.82) is 0 Å². The van der Waals surface area contributed by atoms with Crippen molar-refractivity contribution in [3.05, 3.63) is 88.7 Å². The van der Waals surface area contributed by atoms with E-state index in [9.17, 15) is 4.79 Å². The van der Waals surface area contributed by atoms with Gasteiger partial charge in [0.2, 0.25) is 5.91 Å². The molecule has 2 atom stereocenters. The lowest BCUT2D eigenvalue weighted by atomic mass is 9.83. The topological polar surface area (TPSA) is 34.5 Å². The minimum absolute atomic E-state index is 0.0531. The number of piperidine rings is 1. The molecule has 4 nitrogen and oxygen atoms in total. The molecule has 2 aromatic carbocycles. The lowest BCUT2D eigenvalue weighted by Crippen LogP contribution is -2.56. The molecule has 2 aliphatic heterocycles. The Morgan fingerprint density at radius 3 is 2.69 bits per heavy atom. The summed E-state index contributed by atoms with van der Waals surface area (Å²) in [4.78, 5) is 15.1. The average molecular weight is 451 g/mol. The second-order valence-corrected chi connectivity index (χ2v) is 8.88. The Balaban J connectivity index is 1.46. The van der Waals surface area contributed by atoms with Gasteiger partial charge in [0.05, 0.1) is 13.0 Å². The van der Waals surface area contributed by atoms with Crippen molar-refractivity contribution >= 4 is 21.8 Å². The summed E-state index contributed by atoms with van der Waals surface area (Å²) in [5, 5.41) is 0. The summed E-state index contributed by atoms with van der Waals surface area (Å²) in [5.74, 6) is 1.09. The van der Waals surface area contributed by atoms with E-state index in [4.69, 9.17) is 4.74 Å². The fraction of sp³-hybridized carbons (Fsp3) is 0.292. The number of hydrogen-bond acceptors (Lipinski definition) is 2. The maximum atomic E-state index is 13.1. The Labute approximate surface area is 179 Å². The standard InChI is InChI=1S/C24H23BrN2O2/c25-19-9-10-21-20(16-19)23(26-12-4-5-13-26)24(29-21)11-6-14-27(17-24)22(28)15-18-7-2-1-3-8-18/h1-5,7-10,12-13,16,23H,6,11,14-15,17H2. The van der Waals surface area contributed by atoms with Gasteiger partial charge in [0, 0.05) is 29.0 Å². The fourth-order valence-electron chi connectivity index (χ4n) is 4.79. The quantitative estimate of drug-likeness (QED) is 0.572. The van der Waals surface area contributed by atoms with Crippen molar-refractivity contribution in [3.63, 3.8) is 0 Å². The van der Waals surface area contributed by atoms with Gasteiger partial charge in [-0.1, -0.05) is 46.3 Å². The van der Waals surface area contributed by atoms with Crippen molar-refractivity contribution in [2.24, 2.45) is 0 Å². The number of fused-ring (bicyclic) bond motifs is 1. The summed E-state index contributed by atoms with van der Waals surface area (Å²) >= 11 is 3.61. The molecular weight excluding hydrogens is 428 g/mol. The van der Waals surface area contributed by atoms with Crippen molar-refractivity contribution in [2.45, 2.75) is 30.9 Å². The predicted octanol–water partition coefficient (Wildman–Crippen LogP) is 4.84. The van der Waals surface area contributed by atoms with E-state index in [1.54, 1.807) is 0 Å². The van der Waals surface area contributed by atoms with Crippen LogP contribution in [0.25, 0.3) is 0 Å². The van der Waals surface area contributed by atoms with E-state index in [0.29, 0.717) is 13.0 Å². The highest BCUT2D eigenvalue weighted by Crippen LogP contribution is 2.50. The van der Waals surface area contributed by atoms with Crippen LogP contribution in [0.15, 0.2) is 77.5 Å². The van der Waals surface area contributed by atoms with Crippen molar-refractivity contribution in [1.82, 2.24) is 9.47 Å². The zero-order valence-electron chi connectivity index (χ0n) is 16.1. The van der Waals surface area contributed by atoms with E-state index in [1.807, 2.05) is 59.5 Å². The molecule has 148 valence electrons. The Kier molecular flexibility index (Phi) is 4.70. The third-order valence-corrected chi connectivity index (χ3v) is 6.53. The van der Waals surface area contributed by atoms with Crippen LogP contribution < -0.4 is 4.74 Å². The molecule has 0 saturated carbocycles. The van der Waals surface area contributed by atoms with Crippen LogP contribution >= 0.6 is 15.9 Å².